The number of hydrogen-bond acceptors (Lipinski definition) is 1. The molecular formula is C11H13NO. The highest BCUT2D eigenvalue weighted by Gasteiger charge is 2.03. The first kappa shape index (κ1) is 8.17. The maximum Gasteiger partial charge on any atom is 0.116 e. The molecule has 1 N–H and O–H groups in total. The number of aryl methyl sites for hydroxylation is 2. The highest BCUT2D eigenvalue weighted by atomic mass is 16.3. The third kappa shape index (κ3) is 1.18. The summed E-state index contributed by atoms with van der Waals surface area (Å²) in [6.07, 6.45) is 0. The van der Waals surface area contributed by atoms with Crippen molar-refractivity contribution in [2.75, 3.05) is 0 Å². The van der Waals surface area contributed by atoms with Crippen LogP contribution in [-0.2, 0) is 6.54 Å². The number of aromatic nitrogens is 1. The molecule has 2 aromatic rings. The van der Waals surface area contributed by atoms with Crippen LogP contribution in [0.5, 0.6) is 5.75 Å². The Morgan fingerprint density at radius 3 is 2.77 bits per heavy atom. The van der Waals surface area contributed by atoms with Crippen LogP contribution in [0.15, 0.2) is 24.3 Å². The van der Waals surface area contributed by atoms with Crippen LogP contribution in [0.25, 0.3) is 10.9 Å². The van der Waals surface area contributed by atoms with Crippen molar-refractivity contribution in [3.63, 3.8) is 0 Å². The monoisotopic (exact) mass is 175 g/mol. The molecule has 0 spiro atoms. The van der Waals surface area contributed by atoms with Gasteiger partial charge in [0.15, 0.2) is 0 Å². The highest BCUT2D eigenvalue weighted by Crippen LogP contribution is 2.23. The Bertz CT molecular complexity index is 443. The average Bonchev–Trinajstić information content (AvgIpc) is 2.39. The Kier molecular flexibility index (Phi) is 1.76. The second-order valence-corrected chi connectivity index (χ2v) is 3.27. The zero-order valence-corrected chi connectivity index (χ0v) is 7.91. The molecule has 68 valence electrons. The van der Waals surface area contributed by atoms with Gasteiger partial charge in [-0.25, -0.2) is 0 Å². The fraction of sp³-hybridized carbons (Fsp3) is 0.273. The largest absolute Gasteiger partial charge is 0.508 e. The van der Waals surface area contributed by atoms with E-state index < -0.39 is 0 Å². The Balaban J connectivity index is 2.79. The lowest BCUT2D eigenvalue weighted by molar-refractivity contribution is 0.476. The minimum absolute atomic E-state index is 0.334. The Labute approximate surface area is 77.4 Å². The third-order valence-electron chi connectivity index (χ3n) is 2.41. The number of benzene rings is 1. The van der Waals surface area contributed by atoms with Crippen molar-refractivity contribution in [1.82, 2.24) is 4.57 Å². The minimum Gasteiger partial charge on any atom is -0.508 e. The topological polar surface area (TPSA) is 25.2 Å². The lowest BCUT2D eigenvalue weighted by atomic mass is 10.2. The molecule has 2 nitrogen and oxygen atoms in total. The molecule has 13 heavy (non-hydrogen) atoms. The van der Waals surface area contributed by atoms with Crippen LogP contribution in [0, 0.1) is 6.92 Å². The quantitative estimate of drug-likeness (QED) is 0.708. The van der Waals surface area contributed by atoms with E-state index in [1.165, 1.54) is 11.2 Å². The van der Waals surface area contributed by atoms with Gasteiger partial charge >= 0.3 is 0 Å². The predicted octanol–water partition coefficient (Wildman–Crippen LogP) is 2.68. The van der Waals surface area contributed by atoms with Crippen molar-refractivity contribution in [2.24, 2.45) is 0 Å². The van der Waals surface area contributed by atoms with Gasteiger partial charge in [0.25, 0.3) is 0 Å². The molecule has 0 atom stereocenters. The summed E-state index contributed by atoms with van der Waals surface area (Å²) in [5.74, 6) is 0.334. The lowest BCUT2D eigenvalue weighted by Crippen LogP contribution is -1.94. The molecule has 1 aromatic carbocycles. The number of rotatable bonds is 1. The summed E-state index contributed by atoms with van der Waals surface area (Å²) < 4.78 is 2.23. The Hall–Kier alpha value is -1.44. The molecule has 2 rings (SSSR count). The van der Waals surface area contributed by atoms with Gasteiger partial charge in [0.2, 0.25) is 0 Å². The summed E-state index contributed by atoms with van der Waals surface area (Å²) in [5.41, 5.74) is 2.43. The first-order chi connectivity index (χ1) is 6.22. The molecule has 0 radical (unpaired) electrons. The molecule has 1 heterocycles. The van der Waals surface area contributed by atoms with Gasteiger partial charge in [-0.3, -0.25) is 0 Å². The van der Waals surface area contributed by atoms with E-state index in [9.17, 15) is 5.11 Å². The number of fused-ring (bicyclic) bond motifs is 1. The van der Waals surface area contributed by atoms with Gasteiger partial charge < -0.3 is 9.67 Å². The van der Waals surface area contributed by atoms with Gasteiger partial charge in [0, 0.05) is 23.1 Å². The van der Waals surface area contributed by atoms with E-state index in [1.807, 2.05) is 6.07 Å². The van der Waals surface area contributed by atoms with E-state index in [-0.39, 0.29) is 0 Å². The van der Waals surface area contributed by atoms with Crippen molar-refractivity contribution < 1.29 is 5.11 Å². The molecule has 0 saturated heterocycles. The molecule has 0 aliphatic heterocycles. The summed E-state index contributed by atoms with van der Waals surface area (Å²) in [6.45, 7) is 5.18. The van der Waals surface area contributed by atoms with Crippen LogP contribution < -0.4 is 0 Å². The van der Waals surface area contributed by atoms with Crippen LogP contribution in [0.2, 0.25) is 0 Å². The molecule has 0 aliphatic rings. The molecule has 0 fully saturated rings. The van der Waals surface area contributed by atoms with E-state index in [1.54, 1.807) is 12.1 Å². The number of nitrogens with zero attached hydrogens (tertiary/aromatic N) is 1. The normalized spacial score (nSPS) is 10.9. The number of aromatic hydroxyl groups is 1. The fourth-order valence-electron chi connectivity index (χ4n) is 1.82. The third-order valence-corrected chi connectivity index (χ3v) is 2.41. The Morgan fingerprint density at radius 2 is 2.08 bits per heavy atom. The summed E-state index contributed by atoms with van der Waals surface area (Å²) >= 11 is 0. The molecule has 2 heteroatoms. The van der Waals surface area contributed by atoms with E-state index >= 15 is 0 Å². The van der Waals surface area contributed by atoms with Crippen LogP contribution in [0.4, 0.5) is 0 Å². The molecule has 0 aliphatic carbocycles. The van der Waals surface area contributed by atoms with E-state index in [2.05, 4.69) is 24.5 Å². The maximum atomic E-state index is 9.29. The SMILES string of the molecule is CCn1c(C)cc2cc(O)ccc21. The van der Waals surface area contributed by atoms with Crippen LogP contribution in [0.1, 0.15) is 12.6 Å². The summed E-state index contributed by atoms with van der Waals surface area (Å²) in [7, 11) is 0. The summed E-state index contributed by atoms with van der Waals surface area (Å²) in [5, 5.41) is 10.4. The predicted molar refractivity (Wildman–Crippen MR) is 54.0 cm³/mol. The highest BCUT2D eigenvalue weighted by molar-refractivity contribution is 5.82. The van der Waals surface area contributed by atoms with Crippen molar-refractivity contribution in [3.05, 3.63) is 30.0 Å². The molecule has 1 aromatic heterocycles. The number of hydrogen-bond donors (Lipinski definition) is 1. The molecule has 0 bridgehead atoms. The standard InChI is InChI=1S/C11H13NO/c1-3-12-8(2)6-9-7-10(13)4-5-11(9)12/h4-7,13H,3H2,1-2H3. The van der Waals surface area contributed by atoms with Crippen LogP contribution in [0.3, 0.4) is 0 Å². The second kappa shape index (κ2) is 2.80. The molecular weight excluding hydrogens is 162 g/mol. The van der Waals surface area contributed by atoms with Crippen LogP contribution >= 0.6 is 0 Å². The summed E-state index contributed by atoms with van der Waals surface area (Å²) in [6, 6.07) is 7.59. The first-order valence-corrected chi connectivity index (χ1v) is 4.51. The van der Waals surface area contributed by atoms with Crippen molar-refractivity contribution in [3.8, 4) is 5.75 Å². The number of phenolic OH excluding ortho intramolecular Hbond substituents is 1. The van der Waals surface area contributed by atoms with E-state index in [0.29, 0.717) is 5.75 Å². The maximum absolute atomic E-state index is 9.29. The van der Waals surface area contributed by atoms with Gasteiger partial charge in [-0.15, -0.1) is 0 Å². The van der Waals surface area contributed by atoms with Gasteiger partial charge in [-0.05, 0) is 38.1 Å². The van der Waals surface area contributed by atoms with Gasteiger partial charge in [-0.2, -0.15) is 0 Å². The zero-order valence-electron chi connectivity index (χ0n) is 7.91. The molecule has 0 unspecified atom stereocenters. The fourth-order valence-corrected chi connectivity index (χ4v) is 1.82. The molecule has 0 amide bonds. The van der Waals surface area contributed by atoms with Crippen molar-refractivity contribution in [1.29, 1.82) is 0 Å². The van der Waals surface area contributed by atoms with Crippen LogP contribution in [-0.4, -0.2) is 9.67 Å². The first-order valence-electron chi connectivity index (χ1n) is 4.51. The zero-order chi connectivity index (χ0) is 9.42. The number of phenols is 1. The second-order valence-electron chi connectivity index (χ2n) is 3.27. The Morgan fingerprint density at radius 1 is 1.31 bits per heavy atom. The smallest absolute Gasteiger partial charge is 0.116 e. The van der Waals surface area contributed by atoms with Gasteiger partial charge in [0.05, 0.1) is 0 Å². The van der Waals surface area contributed by atoms with Gasteiger partial charge in [-0.1, -0.05) is 0 Å². The lowest BCUT2D eigenvalue weighted by Gasteiger charge is -2.02. The minimum atomic E-state index is 0.334. The summed E-state index contributed by atoms with van der Waals surface area (Å²) in [4.78, 5) is 0. The van der Waals surface area contributed by atoms with E-state index in [4.69, 9.17) is 0 Å². The van der Waals surface area contributed by atoms with Gasteiger partial charge in [0.1, 0.15) is 5.75 Å². The van der Waals surface area contributed by atoms with Crippen molar-refractivity contribution in [2.45, 2.75) is 20.4 Å². The molecule has 0 saturated carbocycles. The van der Waals surface area contributed by atoms with Crippen molar-refractivity contribution >= 4 is 10.9 Å². The average molecular weight is 175 g/mol. The van der Waals surface area contributed by atoms with E-state index in [0.717, 1.165) is 11.9 Å².